The van der Waals surface area contributed by atoms with E-state index in [1.807, 2.05) is 26.0 Å². The standard InChI is InChI=1S/C19H29N3O5S/c1-15-12-22(13-16(2)27-15)28(24,25)21-10-8-20(9-11-21)14-17-4-6-18(7-5-17)19(23)26-3/h4-7,15-16H,8-14H2,1-3H3. The second-order valence-corrected chi connectivity index (χ2v) is 9.37. The van der Waals surface area contributed by atoms with Crippen LogP contribution in [-0.2, 0) is 26.2 Å². The summed E-state index contributed by atoms with van der Waals surface area (Å²) in [5, 5.41) is 0. The van der Waals surface area contributed by atoms with Crippen molar-refractivity contribution in [3.8, 4) is 0 Å². The first-order valence-corrected chi connectivity index (χ1v) is 11.0. The number of carbonyl (C=O) groups is 1. The minimum atomic E-state index is -3.46. The van der Waals surface area contributed by atoms with Crippen LogP contribution in [0.2, 0.25) is 0 Å². The van der Waals surface area contributed by atoms with Gasteiger partial charge in [0.2, 0.25) is 0 Å². The van der Waals surface area contributed by atoms with Gasteiger partial charge < -0.3 is 9.47 Å². The van der Waals surface area contributed by atoms with E-state index in [1.54, 1.807) is 20.7 Å². The SMILES string of the molecule is COC(=O)c1ccc(CN2CCN(S(=O)(=O)N3CC(C)OC(C)C3)CC2)cc1. The third-order valence-electron chi connectivity index (χ3n) is 5.15. The predicted molar refractivity (Wildman–Crippen MR) is 105 cm³/mol. The van der Waals surface area contributed by atoms with Gasteiger partial charge in [-0.05, 0) is 31.5 Å². The maximum absolute atomic E-state index is 13.0. The number of morpholine rings is 1. The molecule has 8 nitrogen and oxygen atoms in total. The lowest BCUT2D eigenvalue weighted by Gasteiger charge is -2.40. The van der Waals surface area contributed by atoms with Crippen molar-refractivity contribution in [2.24, 2.45) is 0 Å². The van der Waals surface area contributed by atoms with Crippen molar-refractivity contribution in [2.45, 2.75) is 32.6 Å². The Balaban J connectivity index is 1.54. The molecule has 0 amide bonds. The monoisotopic (exact) mass is 411 g/mol. The Bertz CT molecular complexity index is 765. The summed E-state index contributed by atoms with van der Waals surface area (Å²) < 4.78 is 39.4. The Hall–Kier alpha value is -1.52. The summed E-state index contributed by atoms with van der Waals surface area (Å²) in [7, 11) is -2.09. The van der Waals surface area contributed by atoms with E-state index < -0.39 is 10.2 Å². The number of rotatable bonds is 5. The van der Waals surface area contributed by atoms with Crippen LogP contribution in [0, 0.1) is 0 Å². The molecule has 0 N–H and O–H groups in total. The number of hydrogen-bond acceptors (Lipinski definition) is 6. The summed E-state index contributed by atoms with van der Waals surface area (Å²) >= 11 is 0. The Morgan fingerprint density at radius 1 is 1.04 bits per heavy atom. The second kappa shape index (κ2) is 8.87. The number of hydrogen-bond donors (Lipinski definition) is 0. The molecule has 0 spiro atoms. The van der Waals surface area contributed by atoms with Crippen LogP contribution in [0.5, 0.6) is 0 Å². The molecule has 0 radical (unpaired) electrons. The molecule has 156 valence electrons. The van der Waals surface area contributed by atoms with E-state index in [0.717, 1.165) is 12.1 Å². The van der Waals surface area contributed by atoms with Gasteiger partial charge in [-0.1, -0.05) is 12.1 Å². The largest absolute Gasteiger partial charge is 0.465 e. The fraction of sp³-hybridized carbons (Fsp3) is 0.632. The van der Waals surface area contributed by atoms with Gasteiger partial charge in [0.15, 0.2) is 0 Å². The fourth-order valence-electron chi connectivity index (χ4n) is 3.72. The predicted octanol–water partition coefficient (Wildman–Crippen LogP) is 0.945. The van der Waals surface area contributed by atoms with Crippen LogP contribution < -0.4 is 0 Å². The summed E-state index contributed by atoms with van der Waals surface area (Å²) in [5.74, 6) is -0.350. The highest BCUT2D eigenvalue weighted by atomic mass is 32.2. The molecule has 1 aromatic carbocycles. The van der Waals surface area contributed by atoms with Crippen molar-refractivity contribution >= 4 is 16.2 Å². The number of piperazine rings is 1. The Labute approximate surface area is 167 Å². The zero-order valence-corrected chi connectivity index (χ0v) is 17.5. The second-order valence-electron chi connectivity index (χ2n) is 7.45. The highest BCUT2D eigenvalue weighted by molar-refractivity contribution is 7.86. The molecule has 0 saturated carbocycles. The molecule has 2 heterocycles. The van der Waals surface area contributed by atoms with Crippen molar-refractivity contribution in [3.05, 3.63) is 35.4 Å². The van der Waals surface area contributed by atoms with Gasteiger partial charge in [-0.2, -0.15) is 17.0 Å². The molecule has 28 heavy (non-hydrogen) atoms. The van der Waals surface area contributed by atoms with Crippen molar-refractivity contribution in [2.75, 3.05) is 46.4 Å². The molecular weight excluding hydrogens is 382 g/mol. The van der Waals surface area contributed by atoms with E-state index in [4.69, 9.17) is 9.47 Å². The van der Waals surface area contributed by atoms with E-state index in [0.29, 0.717) is 44.8 Å². The summed E-state index contributed by atoms with van der Waals surface area (Å²) in [4.78, 5) is 13.7. The van der Waals surface area contributed by atoms with E-state index in [-0.39, 0.29) is 18.2 Å². The van der Waals surface area contributed by atoms with Crippen LogP contribution in [0.25, 0.3) is 0 Å². The average Bonchev–Trinajstić information content (AvgIpc) is 2.67. The molecule has 3 rings (SSSR count). The fourth-order valence-corrected chi connectivity index (χ4v) is 5.47. The molecule has 0 bridgehead atoms. The number of carbonyl (C=O) groups excluding carboxylic acids is 1. The van der Waals surface area contributed by atoms with Gasteiger partial charge in [0.05, 0.1) is 24.9 Å². The Morgan fingerprint density at radius 3 is 2.14 bits per heavy atom. The summed E-state index contributed by atoms with van der Waals surface area (Å²) in [6, 6.07) is 7.32. The van der Waals surface area contributed by atoms with Gasteiger partial charge in [0, 0.05) is 45.8 Å². The van der Waals surface area contributed by atoms with Crippen LogP contribution in [0.15, 0.2) is 24.3 Å². The Morgan fingerprint density at radius 2 is 1.61 bits per heavy atom. The molecule has 2 fully saturated rings. The van der Waals surface area contributed by atoms with Crippen molar-refractivity contribution in [1.29, 1.82) is 0 Å². The number of esters is 1. The first-order valence-electron chi connectivity index (χ1n) is 9.60. The summed E-state index contributed by atoms with van der Waals surface area (Å²) in [6.07, 6.45) is -0.180. The van der Waals surface area contributed by atoms with Gasteiger partial charge in [0.25, 0.3) is 10.2 Å². The normalized spacial score (nSPS) is 25.5. The molecule has 0 aromatic heterocycles. The maximum atomic E-state index is 13.0. The van der Waals surface area contributed by atoms with E-state index in [1.165, 1.54) is 7.11 Å². The number of nitrogens with zero attached hydrogens (tertiary/aromatic N) is 3. The number of methoxy groups -OCH3 is 1. The topological polar surface area (TPSA) is 79.4 Å². The van der Waals surface area contributed by atoms with Crippen LogP contribution in [-0.4, -0.2) is 86.5 Å². The lowest BCUT2D eigenvalue weighted by Crippen LogP contribution is -2.57. The molecule has 2 saturated heterocycles. The molecule has 2 aliphatic rings. The van der Waals surface area contributed by atoms with E-state index in [2.05, 4.69) is 4.90 Å². The number of ether oxygens (including phenoxy) is 2. The number of benzene rings is 1. The average molecular weight is 412 g/mol. The minimum absolute atomic E-state index is 0.0900. The van der Waals surface area contributed by atoms with Gasteiger partial charge in [0.1, 0.15) is 0 Å². The molecule has 2 unspecified atom stereocenters. The van der Waals surface area contributed by atoms with E-state index >= 15 is 0 Å². The quantitative estimate of drug-likeness (QED) is 0.671. The lowest BCUT2D eigenvalue weighted by atomic mass is 10.1. The third-order valence-corrected chi connectivity index (χ3v) is 7.12. The van der Waals surface area contributed by atoms with Gasteiger partial charge in [-0.15, -0.1) is 0 Å². The van der Waals surface area contributed by atoms with Crippen LogP contribution in [0.1, 0.15) is 29.8 Å². The lowest BCUT2D eigenvalue weighted by molar-refractivity contribution is -0.0457. The first kappa shape index (κ1) is 21.2. The highest BCUT2D eigenvalue weighted by Crippen LogP contribution is 2.19. The zero-order chi connectivity index (χ0) is 20.3. The molecule has 2 aliphatic heterocycles. The molecular formula is C19H29N3O5S. The minimum Gasteiger partial charge on any atom is -0.465 e. The van der Waals surface area contributed by atoms with Gasteiger partial charge >= 0.3 is 5.97 Å². The van der Waals surface area contributed by atoms with Crippen molar-refractivity contribution in [1.82, 2.24) is 13.5 Å². The van der Waals surface area contributed by atoms with Crippen molar-refractivity contribution in [3.63, 3.8) is 0 Å². The zero-order valence-electron chi connectivity index (χ0n) is 16.7. The summed E-state index contributed by atoms with van der Waals surface area (Å²) in [6.45, 7) is 7.63. The highest BCUT2D eigenvalue weighted by Gasteiger charge is 2.36. The summed E-state index contributed by atoms with van der Waals surface area (Å²) in [5.41, 5.74) is 1.61. The Kier molecular flexibility index (Phi) is 6.72. The maximum Gasteiger partial charge on any atom is 0.337 e. The van der Waals surface area contributed by atoms with Crippen LogP contribution in [0.4, 0.5) is 0 Å². The first-order chi connectivity index (χ1) is 13.3. The smallest absolute Gasteiger partial charge is 0.337 e. The van der Waals surface area contributed by atoms with E-state index in [9.17, 15) is 13.2 Å². The molecule has 1 aromatic rings. The van der Waals surface area contributed by atoms with Crippen LogP contribution >= 0.6 is 0 Å². The van der Waals surface area contributed by atoms with Crippen molar-refractivity contribution < 1.29 is 22.7 Å². The third kappa shape index (κ3) is 4.90. The molecule has 2 atom stereocenters. The van der Waals surface area contributed by atoms with Gasteiger partial charge in [-0.3, -0.25) is 4.90 Å². The van der Waals surface area contributed by atoms with Crippen LogP contribution in [0.3, 0.4) is 0 Å². The van der Waals surface area contributed by atoms with Gasteiger partial charge in [-0.25, -0.2) is 4.79 Å². The molecule has 9 heteroatoms. The molecule has 0 aliphatic carbocycles.